The lowest BCUT2D eigenvalue weighted by Gasteiger charge is -2.25. The third-order valence-electron chi connectivity index (χ3n) is 2.94. The highest BCUT2D eigenvalue weighted by molar-refractivity contribution is 9.08. The van der Waals surface area contributed by atoms with E-state index in [0.717, 1.165) is 23.1 Å². The predicted molar refractivity (Wildman–Crippen MR) is 65.5 cm³/mol. The summed E-state index contributed by atoms with van der Waals surface area (Å²) in [5, 5.41) is 0.756. The van der Waals surface area contributed by atoms with Crippen LogP contribution in [0.4, 0.5) is 0 Å². The molecule has 0 unspecified atom stereocenters. The van der Waals surface area contributed by atoms with Crippen LogP contribution in [-0.4, -0.2) is 18.2 Å². The zero-order valence-corrected chi connectivity index (χ0v) is 11.2. The first-order chi connectivity index (χ1) is 7.72. The van der Waals surface area contributed by atoms with Crippen molar-refractivity contribution < 1.29 is 9.47 Å². The summed E-state index contributed by atoms with van der Waals surface area (Å²) in [5.41, 5.74) is 3.11. The van der Waals surface area contributed by atoms with Gasteiger partial charge in [-0.3, -0.25) is 4.98 Å². The van der Waals surface area contributed by atoms with Crippen molar-refractivity contribution in [3.05, 3.63) is 29.1 Å². The number of aromatic nitrogens is 1. The van der Waals surface area contributed by atoms with E-state index in [1.807, 2.05) is 6.07 Å². The second-order valence-corrected chi connectivity index (χ2v) is 4.46. The summed E-state index contributed by atoms with van der Waals surface area (Å²) >= 11 is 3.45. The van der Waals surface area contributed by atoms with Crippen LogP contribution < -0.4 is 0 Å². The van der Waals surface area contributed by atoms with Crippen LogP contribution in [-0.2, 0) is 20.6 Å². The van der Waals surface area contributed by atoms with E-state index in [9.17, 15) is 0 Å². The Balaban J connectivity index is 2.38. The second kappa shape index (κ2) is 4.82. The van der Waals surface area contributed by atoms with Gasteiger partial charge in [0.15, 0.2) is 0 Å². The molecular formula is C12H16BrNO2. The van der Waals surface area contributed by atoms with E-state index in [-0.39, 0.29) is 0 Å². The molecule has 88 valence electrons. The Morgan fingerprint density at radius 3 is 2.62 bits per heavy atom. The van der Waals surface area contributed by atoms with Crippen molar-refractivity contribution in [2.45, 2.75) is 31.4 Å². The molecule has 1 aliphatic rings. The lowest BCUT2D eigenvalue weighted by Crippen LogP contribution is -2.27. The maximum absolute atomic E-state index is 5.72. The van der Waals surface area contributed by atoms with Crippen molar-refractivity contribution in [2.75, 3.05) is 13.2 Å². The molecule has 0 aliphatic carbocycles. The van der Waals surface area contributed by atoms with E-state index in [0.29, 0.717) is 13.2 Å². The SMILES string of the molecule is CCC1(c2ccc(C)c(CBr)n2)OCCO1. The first-order valence-electron chi connectivity index (χ1n) is 5.52. The summed E-state index contributed by atoms with van der Waals surface area (Å²) in [4.78, 5) is 4.62. The summed E-state index contributed by atoms with van der Waals surface area (Å²) < 4.78 is 11.4. The molecule has 2 rings (SSSR count). The van der Waals surface area contributed by atoms with Gasteiger partial charge < -0.3 is 9.47 Å². The van der Waals surface area contributed by atoms with Gasteiger partial charge in [-0.25, -0.2) is 0 Å². The average Bonchev–Trinajstić information content (AvgIpc) is 2.79. The van der Waals surface area contributed by atoms with Gasteiger partial charge >= 0.3 is 0 Å². The van der Waals surface area contributed by atoms with E-state index < -0.39 is 5.79 Å². The van der Waals surface area contributed by atoms with Gasteiger partial charge in [0, 0.05) is 11.8 Å². The molecule has 0 spiro atoms. The molecule has 0 saturated carbocycles. The number of ether oxygens (including phenoxy) is 2. The zero-order valence-electron chi connectivity index (χ0n) is 9.62. The minimum absolute atomic E-state index is 0.620. The van der Waals surface area contributed by atoms with Crippen LogP contribution >= 0.6 is 15.9 Å². The maximum Gasteiger partial charge on any atom is 0.212 e. The molecule has 1 fully saturated rings. The normalized spacial score (nSPS) is 18.9. The van der Waals surface area contributed by atoms with Crippen LogP contribution in [0.2, 0.25) is 0 Å². The lowest BCUT2D eigenvalue weighted by atomic mass is 10.1. The Morgan fingerprint density at radius 1 is 1.38 bits per heavy atom. The molecule has 0 atom stereocenters. The molecule has 16 heavy (non-hydrogen) atoms. The molecule has 1 aliphatic heterocycles. The number of alkyl halides is 1. The van der Waals surface area contributed by atoms with Crippen LogP contribution in [0.3, 0.4) is 0 Å². The molecule has 1 saturated heterocycles. The number of hydrogen-bond acceptors (Lipinski definition) is 3. The van der Waals surface area contributed by atoms with Crippen molar-refractivity contribution in [3.63, 3.8) is 0 Å². The number of pyridine rings is 1. The Morgan fingerprint density at radius 2 is 2.06 bits per heavy atom. The second-order valence-electron chi connectivity index (χ2n) is 3.90. The summed E-state index contributed by atoms with van der Waals surface area (Å²) in [5.74, 6) is -0.620. The fraction of sp³-hybridized carbons (Fsp3) is 0.583. The first-order valence-corrected chi connectivity index (χ1v) is 6.65. The smallest absolute Gasteiger partial charge is 0.212 e. The molecule has 0 radical (unpaired) electrons. The summed E-state index contributed by atoms with van der Waals surface area (Å²) in [6.07, 6.45) is 0.783. The fourth-order valence-corrected chi connectivity index (χ4v) is 2.47. The maximum atomic E-state index is 5.72. The Kier molecular flexibility index (Phi) is 3.62. The number of halogens is 1. The number of rotatable bonds is 3. The Labute approximate surface area is 104 Å². The van der Waals surface area contributed by atoms with Crippen molar-refractivity contribution in [3.8, 4) is 0 Å². The average molecular weight is 286 g/mol. The molecule has 4 heteroatoms. The van der Waals surface area contributed by atoms with Gasteiger partial charge in [0.2, 0.25) is 5.79 Å². The fourth-order valence-electron chi connectivity index (χ4n) is 1.91. The summed E-state index contributed by atoms with van der Waals surface area (Å²) in [7, 11) is 0. The van der Waals surface area contributed by atoms with E-state index in [1.54, 1.807) is 0 Å². The van der Waals surface area contributed by atoms with Gasteiger partial charge in [0.1, 0.15) is 0 Å². The molecule has 1 aromatic heterocycles. The van der Waals surface area contributed by atoms with Crippen LogP contribution in [0.25, 0.3) is 0 Å². The van der Waals surface area contributed by atoms with E-state index in [1.165, 1.54) is 5.56 Å². The minimum Gasteiger partial charge on any atom is -0.342 e. The monoisotopic (exact) mass is 285 g/mol. The lowest BCUT2D eigenvalue weighted by molar-refractivity contribution is -0.170. The highest BCUT2D eigenvalue weighted by Gasteiger charge is 2.38. The molecule has 2 heterocycles. The van der Waals surface area contributed by atoms with Crippen LogP contribution in [0.1, 0.15) is 30.3 Å². The van der Waals surface area contributed by atoms with Crippen molar-refractivity contribution in [1.82, 2.24) is 4.98 Å². The van der Waals surface area contributed by atoms with E-state index >= 15 is 0 Å². The zero-order chi connectivity index (χ0) is 11.6. The van der Waals surface area contributed by atoms with Gasteiger partial charge in [-0.1, -0.05) is 28.9 Å². The van der Waals surface area contributed by atoms with Crippen LogP contribution in [0, 0.1) is 6.92 Å². The summed E-state index contributed by atoms with van der Waals surface area (Å²) in [6, 6.07) is 4.07. The van der Waals surface area contributed by atoms with Crippen molar-refractivity contribution >= 4 is 15.9 Å². The third kappa shape index (κ3) is 2.01. The first kappa shape index (κ1) is 12.0. The standard InChI is InChI=1S/C12H16BrNO2/c1-3-12(15-6-7-16-12)11-5-4-9(2)10(8-13)14-11/h4-5H,3,6-8H2,1-2H3. The van der Waals surface area contributed by atoms with Gasteiger partial charge in [0.05, 0.1) is 24.6 Å². The highest BCUT2D eigenvalue weighted by atomic mass is 79.9. The topological polar surface area (TPSA) is 31.4 Å². The van der Waals surface area contributed by atoms with Gasteiger partial charge in [-0.2, -0.15) is 0 Å². The van der Waals surface area contributed by atoms with E-state index in [2.05, 4.69) is 40.8 Å². The molecule has 3 nitrogen and oxygen atoms in total. The van der Waals surface area contributed by atoms with Crippen LogP contribution in [0.15, 0.2) is 12.1 Å². The van der Waals surface area contributed by atoms with E-state index in [4.69, 9.17) is 9.47 Å². The number of aryl methyl sites for hydroxylation is 1. The molecule has 0 amide bonds. The predicted octanol–water partition coefficient (Wildman–Crippen LogP) is 2.89. The third-order valence-corrected chi connectivity index (χ3v) is 3.47. The van der Waals surface area contributed by atoms with Gasteiger partial charge in [-0.05, 0) is 18.6 Å². The quantitative estimate of drug-likeness (QED) is 0.801. The largest absolute Gasteiger partial charge is 0.342 e. The Hall–Kier alpha value is -0.450. The number of hydrogen-bond donors (Lipinski definition) is 0. The molecule has 0 aromatic carbocycles. The molecule has 1 aromatic rings. The van der Waals surface area contributed by atoms with Crippen molar-refractivity contribution in [1.29, 1.82) is 0 Å². The van der Waals surface area contributed by atoms with Gasteiger partial charge in [0.25, 0.3) is 0 Å². The van der Waals surface area contributed by atoms with Gasteiger partial charge in [-0.15, -0.1) is 0 Å². The van der Waals surface area contributed by atoms with Crippen LogP contribution in [0.5, 0.6) is 0 Å². The minimum atomic E-state index is -0.620. The summed E-state index contributed by atoms with van der Waals surface area (Å²) in [6.45, 7) is 5.41. The number of nitrogens with zero attached hydrogens (tertiary/aromatic N) is 1. The van der Waals surface area contributed by atoms with Crippen molar-refractivity contribution in [2.24, 2.45) is 0 Å². The molecular weight excluding hydrogens is 270 g/mol. The highest BCUT2D eigenvalue weighted by Crippen LogP contribution is 2.33. The molecule has 0 N–H and O–H groups in total. The molecule has 0 bridgehead atoms. The Bertz CT molecular complexity index is 375.